The van der Waals surface area contributed by atoms with Crippen LogP contribution >= 0.6 is 0 Å². The van der Waals surface area contributed by atoms with Crippen molar-refractivity contribution in [2.75, 3.05) is 12.4 Å². The fourth-order valence-corrected chi connectivity index (χ4v) is 1.84. The van der Waals surface area contributed by atoms with Gasteiger partial charge in [-0.2, -0.15) is 0 Å². The molecular formula is C16H15N3O5. The smallest absolute Gasteiger partial charge is 0.341 e. The summed E-state index contributed by atoms with van der Waals surface area (Å²) in [5, 5.41) is 14.4. The predicted octanol–water partition coefficient (Wildman–Crippen LogP) is 0.829. The third kappa shape index (κ3) is 4.29. The molecule has 1 aromatic heterocycles. The maximum Gasteiger partial charge on any atom is 0.341 e. The van der Waals surface area contributed by atoms with E-state index in [9.17, 15) is 19.5 Å². The van der Waals surface area contributed by atoms with Gasteiger partial charge < -0.3 is 20.5 Å². The fraction of sp³-hybridized carbons (Fsp3) is 0.125. The maximum absolute atomic E-state index is 11.9. The number of hydrogen-bond donors (Lipinski definition) is 3. The van der Waals surface area contributed by atoms with E-state index < -0.39 is 17.8 Å². The lowest BCUT2D eigenvalue weighted by Crippen LogP contribution is -2.35. The minimum absolute atomic E-state index is 0.118. The second kappa shape index (κ2) is 7.73. The second-order valence-corrected chi connectivity index (χ2v) is 4.72. The number of nitrogens with one attached hydrogen (secondary N) is 2. The topological polar surface area (TPSA) is 118 Å². The Balaban J connectivity index is 1.98. The Hall–Kier alpha value is -3.42. The second-order valence-electron chi connectivity index (χ2n) is 4.72. The molecule has 0 saturated heterocycles. The van der Waals surface area contributed by atoms with Crippen LogP contribution < -0.4 is 10.6 Å². The summed E-state index contributed by atoms with van der Waals surface area (Å²) in [7, 11) is 1.17. The number of nitrogens with zero attached hydrogens (tertiary/aromatic N) is 1. The van der Waals surface area contributed by atoms with Crippen LogP contribution in [0.3, 0.4) is 0 Å². The molecule has 124 valence electrons. The summed E-state index contributed by atoms with van der Waals surface area (Å²) in [5.41, 5.74) is 0.855. The quantitative estimate of drug-likeness (QED) is 0.434. The normalized spacial score (nSPS) is 9.88. The summed E-state index contributed by atoms with van der Waals surface area (Å²) < 4.78 is 4.52. The van der Waals surface area contributed by atoms with Gasteiger partial charge in [-0.05, 0) is 35.9 Å². The summed E-state index contributed by atoms with van der Waals surface area (Å²) in [6.45, 7) is 0.178. The van der Waals surface area contributed by atoms with Gasteiger partial charge in [0.1, 0.15) is 11.3 Å². The molecule has 1 aromatic carbocycles. The van der Waals surface area contributed by atoms with Crippen molar-refractivity contribution in [3.05, 3.63) is 53.9 Å². The van der Waals surface area contributed by atoms with E-state index in [4.69, 9.17) is 0 Å². The van der Waals surface area contributed by atoms with E-state index in [1.165, 1.54) is 25.3 Å². The van der Waals surface area contributed by atoms with Crippen LogP contribution in [0.4, 0.5) is 5.69 Å². The molecule has 0 aliphatic carbocycles. The molecule has 0 aliphatic heterocycles. The van der Waals surface area contributed by atoms with Crippen molar-refractivity contribution in [1.29, 1.82) is 0 Å². The van der Waals surface area contributed by atoms with E-state index >= 15 is 0 Å². The summed E-state index contributed by atoms with van der Waals surface area (Å²) in [5.74, 6) is -2.78. The Bertz CT molecular complexity index is 762. The van der Waals surface area contributed by atoms with E-state index in [1.807, 2.05) is 0 Å². The third-order valence-electron chi connectivity index (χ3n) is 3.07. The number of rotatable bonds is 4. The number of aromatic nitrogens is 1. The summed E-state index contributed by atoms with van der Waals surface area (Å²) in [4.78, 5) is 39.0. The van der Waals surface area contributed by atoms with Gasteiger partial charge in [0.15, 0.2) is 0 Å². The van der Waals surface area contributed by atoms with Crippen LogP contribution in [-0.4, -0.2) is 35.0 Å². The number of benzene rings is 1. The maximum atomic E-state index is 11.9. The molecule has 0 atom stereocenters. The molecule has 0 spiro atoms. The summed E-state index contributed by atoms with van der Waals surface area (Å²) >= 11 is 0. The zero-order chi connectivity index (χ0) is 17.5. The molecule has 0 fully saturated rings. The number of aromatic hydroxyl groups is 1. The highest BCUT2D eigenvalue weighted by Gasteiger charge is 2.16. The fourth-order valence-electron chi connectivity index (χ4n) is 1.84. The van der Waals surface area contributed by atoms with Crippen molar-refractivity contribution < 1.29 is 24.2 Å². The first-order valence-corrected chi connectivity index (χ1v) is 6.90. The molecule has 8 heteroatoms. The number of phenolic OH excluding ortho intramolecular Hbond substituents is 1. The Morgan fingerprint density at radius 1 is 1.12 bits per heavy atom. The molecule has 2 rings (SSSR count). The molecule has 0 bridgehead atoms. The van der Waals surface area contributed by atoms with Crippen LogP contribution in [0.2, 0.25) is 0 Å². The van der Waals surface area contributed by atoms with E-state index in [-0.39, 0.29) is 23.5 Å². The van der Waals surface area contributed by atoms with Crippen LogP contribution in [0.5, 0.6) is 5.75 Å². The van der Waals surface area contributed by atoms with Crippen LogP contribution in [0.25, 0.3) is 0 Å². The molecule has 1 heterocycles. The average molecular weight is 329 g/mol. The minimum atomic E-state index is -0.898. The van der Waals surface area contributed by atoms with Crippen LogP contribution in [0.15, 0.2) is 42.7 Å². The van der Waals surface area contributed by atoms with Gasteiger partial charge in [0.2, 0.25) is 0 Å². The van der Waals surface area contributed by atoms with E-state index in [0.717, 1.165) is 5.56 Å². The standard InChI is InChI=1S/C16H15N3O5/c1-24-16(23)12-8-11(2-3-13(12)20)19-15(22)14(21)18-9-10-4-6-17-7-5-10/h2-8,20H,9H2,1H3,(H,18,21)(H,19,22). The van der Waals surface area contributed by atoms with Gasteiger partial charge in [-0.1, -0.05) is 0 Å². The van der Waals surface area contributed by atoms with E-state index in [2.05, 4.69) is 20.4 Å². The minimum Gasteiger partial charge on any atom is -0.507 e. The number of esters is 1. The number of carbonyl (C=O) groups is 3. The van der Waals surface area contributed by atoms with Gasteiger partial charge in [-0.25, -0.2) is 4.79 Å². The molecular weight excluding hydrogens is 314 g/mol. The van der Waals surface area contributed by atoms with E-state index in [1.54, 1.807) is 24.5 Å². The van der Waals surface area contributed by atoms with Crippen molar-refractivity contribution >= 4 is 23.5 Å². The zero-order valence-corrected chi connectivity index (χ0v) is 12.8. The number of ether oxygens (including phenoxy) is 1. The number of pyridine rings is 1. The summed E-state index contributed by atoms with van der Waals surface area (Å²) in [6.07, 6.45) is 3.15. The lowest BCUT2D eigenvalue weighted by Gasteiger charge is -2.08. The molecule has 2 aromatic rings. The number of anilines is 1. The molecule has 0 aliphatic rings. The zero-order valence-electron chi connectivity index (χ0n) is 12.8. The third-order valence-corrected chi connectivity index (χ3v) is 3.07. The van der Waals surface area contributed by atoms with Gasteiger partial charge in [0.25, 0.3) is 0 Å². The van der Waals surface area contributed by atoms with Crippen LogP contribution in [0.1, 0.15) is 15.9 Å². The van der Waals surface area contributed by atoms with Gasteiger partial charge in [0.05, 0.1) is 7.11 Å². The number of amides is 2. The average Bonchev–Trinajstić information content (AvgIpc) is 2.61. The highest BCUT2D eigenvalue weighted by molar-refractivity contribution is 6.39. The number of hydrogen-bond acceptors (Lipinski definition) is 6. The highest BCUT2D eigenvalue weighted by Crippen LogP contribution is 2.22. The number of methoxy groups -OCH3 is 1. The van der Waals surface area contributed by atoms with Crippen molar-refractivity contribution in [2.24, 2.45) is 0 Å². The monoisotopic (exact) mass is 329 g/mol. The van der Waals surface area contributed by atoms with Crippen LogP contribution in [-0.2, 0) is 20.9 Å². The molecule has 2 amide bonds. The Morgan fingerprint density at radius 2 is 1.83 bits per heavy atom. The first-order chi connectivity index (χ1) is 11.5. The molecule has 0 saturated carbocycles. The Labute approximate surface area is 137 Å². The van der Waals surface area contributed by atoms with Gasteiger partial charge in [0, 0.05) is 24.6 Å². The molecule has 3 N–H and O–H groups in total. The lowest BCUT2D eigenvalue weighted by molar-refractivity contribution is -0.136. The van der Waals surface area contributed by atoms with Gasteiger partial charge in [-0.15, -0.1) is 0 Å². The molecule has 0 unspecified atom stereocenters. The first kappa shape index (κ1) is 16.9. The SMILES string of the molecule is COC(=O)c1cc(NC(=O)C(=O)NCc2ccncc2)ccc1O. The molecule has 24 heavy (non-hydrogen) atoms. The molecule has 8 nitrogen and oxygen atoms in total. The predicted molar refractivity (Wildman–Crippen MR) is 84.2 cm³/mol. The number of carbonyl (C=O) groups excluding carboxylic acids is 3. The summed E-state index contributed by atoms with van der Waals surface area (Å²) in [6, 6.07) is 7.21. The van der Waals surface area contributed by atoms with Crippen molar-refractivity contribution in [1.82, 2.24) is 10.3 Å². The molecule has 0 radical (unpaired) electrons. The first-order valence-electron chi connectivity index (χ1n) is 6.90. The van der Waals surface area contributed by atoms with Crippen molar-refractivity contribution in [3.63, 3.8) is 0 Å². The largest absolute Gasteiger partial charge is 0.507 e. The lowest BCUT2D eigenvalue weighted by atomic mass is 10.1. The Morgan fingerprint density at radius 3 is 2.50 bits per heavy atom. The highest BCUT2D eigenvalue weighted by atomic mass is 16.5. The van der Waals surface area contributed by atoms with E-state index in [0.29, 0.717) is 0 Å². The van der Waals surface area contributed by atoms with Gasteiger partial charge >= 0.3 is 17.8 Å². The van der Waals surface area contributed by atoms with Crippen molar-refractivity contribution in [3.8, 4) is 5.75 Å². The van der Waals surface area contributed by atoms with Crippen molar-refractivity contribution in [2.45, 2.75) is 6.54 Å². The van der Waals surface area contributed by atoms with Crippen LogP contribution in [0, 0.1) is 0 Å². The van der Waals surface area contributed by atoms with Gasteiger partial charge in [-0.3, -0.25) is 14.6 Å². The number of phenols is 1. The Kier molecular flexibility index (Phi) is 5.45.